The summed E-state index contributed by atoms with van der Waals surface area (Å²) in [6.07, 6.45) is 3.33. The molecule has 312 valence electrons. The van der Waals surface area contributed by atoms with Crippen molar-refractivity contribution in [2.45, 2.75) is 0 Å². The quantitative estimate of drug-likeness (QED) is 0.0572. The molecule has 0 saturated heterocycles. The van der Waals surface area contributed by atoms with Gasteiger partial charge in [0, 0.05) is 47.8 Å². The van der Waals surface area contributed by atoms with Gasteiger partial charge in [0.2, 0.25) is 0 Å². The van der Waals surface area contributed by atoms with Gasteiger partial charge in [0.05, 0.1) is 39.1 Å². The number of hydrogen-bond donors (Lipinski definition) is 6. The summed E-state index contributed by atoms with van der Waals surface area (Å²) in [4.78, 5) is 94.0. The van der Waals surface area contributed by atoms with Crippen molar-refractivity contribution in [2.75, 3.05) is 14.7 Å². The standard InChI is InChI=1S/C44H29N7O12/c52-39(53)24-1-10-30(11-2-24)49(34-16-7-27(21-45-34)42(58)59)33-19-37(50(31-12-3-25(4-13-31)40(54)55)35-17-8-28(22-46-35)43(60)61)48-38(20-33)51(32-14-5-26(6-15-32)41(56)57)36-18-9-29(23-47-36)44(62)63/h1-23H,(H,52,53)(H,54,55)(H,56,57)(H,58,59)(H,60,61)(H,62,63). The molecular formula is C44H29N7O12. The number of carboxylic acid groups (broad SMARTS) is 6. The minimum Gasteiger partial charge on any atom is -0.478 e. The van der Waals surface area contributed by atoms with Crippen molar-refractivity contribution in [1.82, 2.24) is 19.9 Å². The molecule has 0 radical (unpaired) electrons. The first kappa shape index (κ1) is 41.6. The second-order valence-electron chi connectivity index (χ2n) is 13.2. The highest BCUT2D eigenvalue weighted by Gasteiger charge is 2.26. The molecule has 0 saturated carbocycles. The van der Waals surface area contributed by atoms with Crippen LogP contribution in [-0.4, -0.2) is 86.4 Å². The third kappa shape index (κ3) is 8.91. The molecule has 4 aromatic heterocycles. The second kappa shape index (κ2) is 17.4. The minimum absolute atomic E-state index is 0.0322. The highest BCUT2D eigenvalue weighted by atomic mass is 16.4. The Kier molecular flexibility index (Phi) is 11.5. The van der Waals surface area contributed by atoms with E-state index in [4.69, 9.17) is 4.98 Å². The van der Waals surface area contributed by atoms with Crippen LogP contribution in [0, 0.1) is 0 Å². The first-order chi connectivity index (χ1) is 30.2. The van der Waals surface area contributed by atoms with Crippen molar-refractivity contribution >= 4 is 87.7 Å². The van der Waals surface area contributed by atoms with Crippen LogP contribution in [0.4, 0.5) is 51.8 Å². The van der Waals surface area contributed by atoms with Gasteiger partial charge in [-0.3, -0.25) is 14.7 Å². The summed E-state index contributed by atoms with van der Waals surface area (Å²) in [6, 6.07) is 28.0. The van der Waals surface area contributed by atoms with Crippen LogP contribution < -0.4 is 14.7 Å². The van der Waals surface area contributed by atoms with Gasteiger partial charge < -0.3 is 30.6 Å². The van der Waals surface area contributed by atoms with Crippen LogP contribution in [0.5, 0.6) is 0 Å². The molecule has 7 rings (SSSR count). The van der Waals surface area contributed by atoms with E-state index in [2.05, 4.69) is 15.0 Å². The summed E-state index contributed by atoms with van der Waals surface area (Å²) in [7, 11) is 0. The predicted molar refractivity (Wildman–Crippen MR) is 223 cm³/mol. The Balaban J connectivity index is 1.56. The lowest BCUT2D eigenvalue weighted by atomic mass is 10.1. The van der Waals surface area contributed by atoms with Crippen molar-refractivity contribution < 1.29 is 59.4 Å². The van der Waals surface area contributed by atoms with Crippen LogP contribution >= 0.6 is 0 Å². The first-order valence-electron chi connectivity index (χ1n) is 18.2. The monoisotopic (exact) mass is 847 g/mol. The molecule has 19 heteroatoms. The number of hydrogen-bond acceptors (Lipinski definition) is 13. The smallest absolute Gasteiger partial charge is 0.337 e. The van der Waals surface area contributed by atoms with Crippen molar-refractivity contribution in [3.8, 4) is 0 Å². The third-order valence-corrected chi connectivity index (χ3v) is 9.29. The molecule has 0 unspecified atom stereocenters. The maximum atomic E-state index is 11.9. The molecule has 0 aliphatic carbocycles. The van der Waals surface area contributed by atoms with E-state index in [0.717, 1.165) is 18.6 Å². The number of aromatic carboxylic acids is 6. The SMILES string of the molecule is O=C(O)c1ccc(N(c2cc(N(c3ccc(C(=O)O)cc3)c3ccc(C(=O)O)cn3)nc(N(c3ccc(C(=O)O)cc3)c3ccc(C(=O)O)cn3)c2)c2ccc(C(=O)O)cn2)cc1. The summed E-state index contributed by atoms with van der Waals surface area (Å²) in [6.45, 7) is 0. The maximum Gasteiger partial charge on any atom is 0.337 e. The first-order valence-corrected chi connectivity index (χ1v) is 18.2. The number of carboxylic acids is 6. The number of nitrogens with zero attached hydrogens (tertiary/aromatic N) is 7. The molecule has 0 aliphatic rings. The Hall–Kier alpha value is -9.52. The Bertz CT molecular complexity index is 2390. The van der Waals surface area contributed by atoms with Gasteiger partial charge in [-0.05, 0) is 109 Å². The fourth-order valence-corrected chi connectivity index (χ4v) is 6.22. The number of rotatable bonds is 15. The Morgan fingerprint density at radius 3 is 0.810 bits per heavy atom. The molecule has 0 atom stereocenters. The second-order valence-corrected chi connectivity index (χ2v) is 13.2. The molecule has 0 bridgehead atoms. The lowest BCUT2D eigenvalue weighted by Crippen LogP contribution is -2.20. The molecule has 63 heavy (non-hydrogen) atoms. The summed E-state index contributed by atoms with van der Waals surface area (Å²) in [5.41, 5.74) is 0.490. The number of benzene rings is 3. The van der Waals surface area contributed by atoms with Crippen molar-refractivity contribution in [2.24, 2.45) is 0 Å². The van der Waals surface area contributed by atoms with Gasteiger partial charge in [-0.2, -0.15) is 0 Å². The van der Waals surface area contributed by atoms with Crippen LogP contribution in [0.3, 0.4) is 0 Å². The topological polar surface area (TPSA) is 285 Å². The summed E-state index contributed by atoms with van der Waals surface area (Å²) >= 11 is 0. The highest BCUT2D eigenvalue weighted by Crippen LogP contribution is 2.43. The van der Waals surface area contributed by atoms with Crippen LogP contribution in [0.1, 0.15) is 62.1 Å². The van der Waals surface area contributed by atoms with Gasteiger partial charge >= 0.3 is 35.8 Å². The zero-order valence-corrected chi connectivity index (χ0v) is 32.0. The molecule has 4 heterocycles. The van der Waals surface area contributed by atoms with Gasteiger partial charge in [0.15, 0.2) is 0 Å². The van der Waals surface area contributed by atoms with E-state index in [1.807, 2.05) is 0 Å². The van der Waals surface area contributed by atoms with Crippen molar-refractivity contribution in [3.05, 3.63) is 173 Å². The van der Waals surface area contributed by atoms with Crippen molar-refractivity contribution in [3.63, 3.8) is 0 Å². The normalized spacial score (nSPS) is 10.7. The van der Waals surface area contributed by atoms with Gasteiger partial charge in [-0.25, -0.2) is 48.7 Å². The van der Waals surface area contributed by atoms with Crippen LogP contribution in [0.25, 0.3) is 0 Å². The van der Waals surface area contributed by atoms with E-state index in [-0.39, 0.29) is 79.5 Å². The van der Waals surface area contributed by atoms with E-state index in [1.54, 1.807) is 17.0 Å². The molecule has 19 nitrogen and oxygen atoms in total. The fourth-order valence-electron chi connectivity index (χ4n) is 6.22. The van der Waals surface area contributed by atoms with E-state index in [0.29, 0.717) is 5.69 Å². The largest absolute Gasteiger partial charge is 0.478 e. The lowest BCUT2D eigenvalue weighted by molar-refractivity contribution is 0.0685. The fraction of sp³-hybridized carbons (Fsp3) is 0. The van der Waals surface area contributed by atoms with Crippen LogP contribution in [0.2, 0.25) is 0 Å². The van der Waals surface area contributed by atoms with E-state index in [9.17, 15) is 59.4 Å². The summed E-state index contributed by atoms with van der Waals surface area (Å²) in [5, 5.41) is 58.1. The zero-order chi connectivity index (χ0) is 44.9. The molecule has 0 amide bonds. The van der Waals surface area contributed by atoms with Crippen LogP contribution in [-0.2, 0) is 0 Å². The molecule has 7 aromatic rings. The Labute approximate surface area is 354 Å². The molecular weight excluding hydrogens is 819 g/mol. The molecule has 3 aromatic carbocycles. The highest BCUT2D eigenvalue weighted by molar-refractivity contribution is 5.93. The van der Waals surface area contributed by atoms with Gasteiger partial charge in [-0.15, -0.1) is 0 Å². The number of anilines is 9. The van der Waals surface area contributed by atoms with Crippen LogP contribution in [0.15, 0.2) is 140 Å². The molecule has 6 N–H and O–H groups in total. The number of carbonyl (C=O) groups is 6. The predicted octanol–water partition coefficient (Wildman–Crippen LogP) is 7.87. The third-order valence-electron chi connectivity index (χ3n) is 9.29. The van der Waals surface area contributed by atoms with E-state index < -0.39 is 35.8 Å². The maximum absolute atomic E-state index is 11.9. The number of pyridine rings is 4. The Morgan fingerprint density at radius 2 is 0.556 bits per heavy atom. The zero-order valence-electron chi connectivity index (χ0n) is 32.0. The average Bonchev–Trinajstić information content (AvgIpc) is 3.28. The van der Waals surface area contributed by atoms with Gasteiger partial charge in [0.25, 0.3) is 0 Å². The lowest BCUT2D eigenvalue weighted by Gasteiger charge is -2.31. The molecule has 0 aliphatic heterocycles. The Morgan fingerprint density at radius 1 is 0.302 bits per heavy atom. The van der Waals surface area contributed by atoms with Gasteiger partial charge in [0.1, 0.15) is 29.1 Å². The molecule has 0 spiro atoms. The minimum atomic E-state index is -1.26. The summed E-state index contributed by atoms with van der Waals surface area (Å²) < 4.78 is 0. The average molecular weight is 848 g/mol. The number of aromatic nitrogens is 4. The van der Waals surface area contributed by atoms with E-state index in [1.165, 1.54) is 119 Å². The molecule has 0 fully saturated rings. The summed E-state index contributed by atoms with van der Waals surface area (Å²) in [5.74, 6) is -7.01. The van der Waals surface area contributed by atoms with Gasteiger partial charge in [-0.1, -0.05) is 0 Å². The van der Waals surface area contributed by atoms with E-state index >= 15 is 0 Å². The van der Waals surface area contributed by atoms with Crippen molar-refractivity contribution in [1.29, 1.82) is 0 Å².